The molecule has 1 N–H and O–H groups in total. The van der Waals surface area contributed by atoms with Gasteiger partial charge in [-0.1, -0.05) is 31.5 Å². The van der Waals surface area contributed by atoms with Crippen LogP contribution in [0.15, 0.2) is 36.7 Å². The van der Waals surface area contributed by atoms with Crippen LogP contribution < -0.4 is 15.1 Å². The van der Waals surface area contributed by atoms with E-state index in [9.17, 15) is 4.79 Å². The second-order valence-corrected chi connectivity index (χ2v) is 7.59. The van der Waals surface area contributed by atoms with E-state index < -0.39 is 0 Å². The van der Waals surface area contributed by atoms with Gasteiger partial charge >= 0.3 is 0 Å². The maximum Gasteiger partial charge on any atom is 0.270 e. The zero-order valence-electron chi connectivity index (χ0n) is 15.9. The molecular formula is C20H26ClN5O. The number of anilines is 2. The number of nitrogens with one attached hydrogen (secondary N) is 1. The summed E-state index contributed by atoms with van der Waals surface area (Å²) in [6.45, 7) is 8.35. The molecule has 1 aliphatic heterocycles. The van der Waals surface area contributed by atoms with Gasteiger partial charge in [0.05, 0.1) is 0 Å². The SMILES string of the molecule is CC(C)CCNC(=O)c1cc(N2CCN(c3cccc(Cl)c3)CC2)ncn1. The van der Waals surface area contributed by atoms with Crippen LogP contribution in [0.3, 0.4) is 0 Å². The van der Waals surface area contributed by atoms with E-state index in [2.05, 4.69) is 45.0 Å². The van der Waals surface area contributed by atoms with Crippen LogP contribution in [0.25, 0.3) is 0 Å². The van der Waals surface area contributed by atoms with Crippen molar-refractivity contribution in [3.63, 3.8) is 0 Å². The Morgan fingerprint density at radius 2 is 1.89 bits per heavy atom. The van der Waals surface area contributed by atoms with Gasteiger partial charge in [0.1, 0.15) is 17.8 Å². The van der Waals surface area contributed by atoms with Crippen molar-refractivity contribution in [2.75, 3.05) is 42.5 Å². The first-order valence-electron chi connectivity index (χ1n) is 9.38. The van der Waals surface area contributed by atoms with E-state index in [0.717, 1.165) is 49.1 Å². The van der Waals surface area contributed by atoms with Gasteiger partial charge in [-0.3, -0.25) is 4.79 Å². The number of piperazine rings is 1. The normalized spacial score (nSPS) is 14.5. The average Bonchev–Trinajstić information content (AvgIpc) is 2.68. The Morgan fingerprint density at radius 3 is 2.59 bits per heavy atom. The fourth-order valence-electron chi connectivity index (χ4n) is 3.08. The van der Waals surface area contributed by atoms with E-state index in [1.54, 1.807) is 6.07 Å². The molecule has 1 saturated heterocycles. The molecule has 2 aromatic rings. The number of benzene rings is 1. The van der Waals surface area contributed by atoms with E-state index >= 15 is 0 Å². The first kappa shape index (κ1) is 19.4. The molecule has 1 aromatic carbocycles. The molecule has 0 saturated carbocycles. The Morgan fingerprint density at radius 1 is 1.15 bits per heavy atom. The van der Waals surface area contributed by atoms with Gasteiger partial charge in [0, 0.05) is 49.5 Å². The predicted molar refractivity (Wildman–Crippen MR) is 110 cm³/mol. The van der Waals surface area contributed by atoms with Crippen LogP contribution in [-0.2, 0) is 0 Å². The zero-order chi connectivity index (χ0) is 19.2. The molecule has 0 spiro atoms. The highest BCUT2D eigenvalue weighted by Crippen LogP contribution is 2.22. The number of nitrogens with zero attached hydrogens (tertiary/aromatic N) is 4. The number of hydrogen-bond acceptors (Lipinski definition) is 5. The third kappa shape index (κ3) is 5.32. The van der Waals surface area contributed by atoms with Gasteiger partial charge < -0.3 is 15.1 Å². The topological polar surface area (TPSA) is 61.4 Å². The van der Waals surface area contributed by atoms with Gasteiger partial charge in [0.2, 0.25) is 0 Å². The van der Waals surface area contributed by atoms with Gasteiger partial charge in [-0.25, -0.2) is 9.97 Å². The third-order valence-corrected chi connectivity index (χ3v) is 4.90. The Labute approximate surface area is 165 Å². The Kier molecular flexibility index (Phi) is 6.50. The molecule has 144 valence electrons. The van der Waals surface area contributed by atoms with Crippen molar-refractivity contribution in [3.05, 3.63) is 47.4 Å². The van der Waals surface area contributed by atoms with Crippen LogP contribution in [-0.4, -0.2) is 48.6 Å². The van der Waals surface area contributed by atoms with Gasteiger partial charge in [0.25, 0.3) is 5.91 Å². The van der Waals surface area contributed by atoms with Crippen molar-refractivity contribution >= 4 is 29.0 Å². The third-order valence-electron chi connectivity index (χ3n) is 4.67. The van der Waals surface area contributed by atoms with Crippen LogP contribution in [0, 0.1) is 5.92 Å². The summed E-state index contributed by atoms with van der Waals surface area (Å²) in [7, 11) is 0. The highest BCUT2D eigenvalue weighted by Gasteiger charge is 2.20. The molecule has 6 nitrogen and oxygen atoms in total. The van der Waals surface area contributed by atoms with E-state index in [1.165, 1.54) is 6.33 Å². The predicted octanol–water partition coefficient (Wildman–Crippen LogP) is 3.23. The number of halogens is 1. The summed E-state index contributed by atoms with van der Waals surface area (Å²) in [5.74, 6) is 1.21. The smallest absolute Gasteiger partial charge is 0.270 e. The summed E-state index contributed by atoms with van der Waals surface area (Å²) in [6.07, 6.45) is 2.42. The molecule has 27 heavy (non-hydrogen) atoms. The number of amides is 1. The molecule has 1 amide bonds. The minimum Gasteiger partial charge on any atom is -0.368 e. The van der Waals surface area contributed by atoms with Gasteiger partial charge in [0.15, 0.2) is 0 Å². The van der Waals surface area contributed by atoms with Crippen molar-refractivity contribution in [2.24, 2.45) is 5.92 Å². The summed E-state index contributed by atoms with van der Waals surface area (Å²) in [6, 6.07) is 9.70. The maximum absolute atomic E-state index is 12.3. The van der Waals surface area contributed by atoms with Gasteiger partial charge in [-0.05, 0) is 30.5 Å². The number of rotatable bonds is 6. The number of aromatic nitrogens is 2. The molecule has 0 atom stereocenters. The van der Waals surface area contributed by atoms with Crippen LogP contribution in [0.2, 0.25) is 5.02 Å². The number of hydrogen-bond donors (Lipinski definition) is 1. The van der Waals surface area contributed by atoms with Gasteiger partial charge in [-0.2, -0.15) is 0 Å². The quantitative estimate of drug-likeness (QED) is 0.824. The lowest BCUT2D eigenvalue weighted by atomic mass is 10.1. The van der Waals surface area contributed by atoms with Crippen molar-refractivity contribution < 1.29 is 4.79 Å². The second-order valence-electron chi connectivity index (χ2n) is 7.15. The summed E-state index contributed by atoms with van der Waals surface area (Å²) in [5.41, 5.74) is 1.55. The largest absolute Gasteiger partial charge is 0.368 e. The first-order chi connectivity index (χ1) is 13.0. The summed E-state index contributed by atoms with van der Waals surface area (Å²) in [5, 5.41) is 3.67. The van der Waals surface area contributed by atoms with Gasteiger partial charge in [-0.15, -0.1) is 0 Å². The molecule has 0 unspecified atom stereocenters. The monoisotopic (exact) mass is 387 g/mol. The lowest BCUT2D eigenvalue weighted by Gasteiger charge is -2.36. The number of carbonyl (C=O) groups is 1. The number of carbonyl (C=O) groups excluding carboxylic acids is 1. The lowest BCUT2D eigenvalue weighted by Crippen LogP contribution is -2.47. The molecule has 3 rings (SSSR count). The summed E-state index contributed by atoms with van der Waals surface area (Å²) in [4.78, 5) is 25.3. The van der Waals surface area contributed by atoms with Crippen molar-refractivity contribution in [2.45, 2.75) is 20.3 Å². The molecule has 0 aliphatic carbocycles. The molecule has 7 heteroatoms. The standard InChI is InChI=1S/C20H26ClN5O/c1-15(2)6-7-22-20(27)18-13-19(24-14-23-18)26-10-8-25(9-11-26)17-5-3-4-16(21)12-17/h3-5,12-15H,6-11H2,1-2H3,(H,22,27). The Hall–Kier alpha value is -2.34. The summed E-state index contributed by atoms with van der Waals surface area (Å²) < 4.78 is 0. The average molecular weight is 388 g/mol. The fraction of sp³-hybridized carbons (Fsp3) is 0.450. The van der Waals surface area contributed by atoms with Crippen molar-refractivity contribution in [3.8, 4) is 0 Å². The van der Waals surface area contributed by atoms with E-state index in [4.69, 9.17) is 11.6 Å². The molecule has 1 fully saturated rings. The zero-order valence-corrected chi connectivity index (χ0v) is 16.6. The molecule has 2 heterocycles. The first-order valence-corrected chi connectivity index (χ1v) is 9.76. The fourth-order valence-corrected chi connectivity index (χ4v) is 3.26. The minimum absolute atomic E-state index is 0.142. The lowest BCUT2D eigenvalue weighted by molar-refractivity contribution is 0.0947. The highest BCUT2D eigenvalue weighted by molar-refractivity contribution is 6.30. The minimum atomic E-state index is -0.142. The molecule has 1 aromatic heterocycles. The Balaban J connectivity index is 1.59. The van der Waals surface area contributed by atoms with Crippen molar-refractivity contribution in [1.29, 1.82) is 0 Å². The molecule has 0 radical (unpaired) electrons. The second kappa shape index (κ2) is 9.04. The van der Waals surface area contributed by atoms with Crippen molar-refractivity contribution in [1.82, 2.24) is 15.3 Å². The Bertz CT molecular complexity index is 774. The van der Waals surface area contributed by atoms with E-state index in [-0.39, 0.29) is 5.91 Å². The highest BCUT2D eigenvalue weighted by atomic mass is 35.5. The van der Waals surface area contributed by atoms with E-state index in [1.807, 2.05) is 18.2 Å². The maximum atomic E-state index is 12.3. The van der Waals surface area contributed by atoms with E-state index in [0.29, 0.717) is 18.2 Å². The molecule has 0 bridgehead atoms. The summed E-state index contributed by atoms with van der Waals surface area (Å²) >= 11 is 6.10. The molecule has 1 aliphatic rings. The van der Waals surface area contributed by atoms with Crippen LogP contribution in [0.1, 0.15) is 30.8 Å². The molecular weight excluding hydrogens is 362 g/mol. The van der Waals surface area contributed by atoms with Crippen LogP contribution >= 0.6 is 11.6 Å². The van der Waals surface area contributed by atoms with Crippen LogP contribution in [0.4, 0.5) is 11.5 Å². The van der Waals surface area contributed by atoms with Crippen LogP contribution in [0.5, 0.6) is 0 Å².